The highest BCUT2D eigenvalue weighted by molar-refractivity contribution is 5.95. The maximum atomic E-state index is 10.7. The van der Waals surface area contributed by atoms with Gasteiger partial charge >= 0.3 is 5.97 Å². The van der Waals surface area contributed by atoms with E-state index in [1.165, 1.54) is 0 Å². The molecule has 0 saturated carbocycles. The number of hydrogen-bond donors (Lipinski definition) is 3. The molecule has 0 fully saturated rings. The zero-order valence-corrected chi connectivity index (χ0v) is 5.33. The van der Waals surface area contributed by atoms with Crippen LogP contribution in [0.15, 0.2) is 18.2 Å². The molecule has 1 aromatic carbocycles. The summed E-state index contributed by atoms with van der Waals surface area (Å²) < 4.78 is 28.2. The molecule has 0 unspecified atom stereocenters. The van der Waals surface area contributed by atoms with Gasteiger partial charge in [0.2, 0.25) is 0 Å². The summed E-state index contributed by atoms with van der Waals surface area (Å²) in [4.78, 5) is 10.7. The predicted octanol–water partition coefficient (Wildman–Crippen LogP) is 0.673. The molecule has 0 aliphatic heterocycles. The van der Waals surface area contributed by atoms with Crippen LogP contribution in [-0.4, -0.2) is 16.2 Å². The summed E-state index contributed by atoms with van der Waals surface area (Å²) in [7, 11) is 0. The SMILES string of the molecule is [2H]c1cc(C(=O)O)c(N([2H])[2H])c(O)c1[2H]. The summed E-state index contributed by atoms with van der Waals surface area (Å²) >= 11 is 0. The first-order valence-electron chi connectivity index (χ1n) is 4.60. The van der Waals surface area contributed by atoms with E-state index in [1.54, 1.807) is 0 Å². The van der Waals surface area contributed by atoms with Gasteiger partial charge in [-0.3, -0.25) is 0 Å². The van der Waals surface area contributed by atoms with Crippen LogP contribution >= 0.6 is 0 Å². The van der Waals surface area contributed by atoms with Gasteiger partial charge in [0.25, 0.3) is 0 Å². The van der Waals surface area contributed by atoms with Crippen LogP contribution in [0.5, 0.6) is 5.75 Å². The zero-order valence-electron chi connectivity index (χ0n) is 9.33. The molecule has 0 bridgehead atoms. The van der Waals surface area contributed by atoms with Crippen LogP contribution in [0, 0.1) is 0 Å². The van der Waals surface area contributed by atoms with Crippen LogP contribution in [0.25, 0.3) is 0 Å². The molecule has 0 amide bonds. The molecule has 0 heterocycles. The first kappa shape index (κ1) is 3.61. The largest absolute Gasteiger partial charge is 0.506 e. The Labute approximate surface area is 68.6 Å². The van der Waals surface area contributed by atoms with Crippen molar-refractivity contribution in [2.24, 2.45) is 0 Å². The average Bonchev–Trinajstić information content (AvgIpc) is 2.12. The molecule has 0 atom stereocenters. The standard InChI is InChI=1S/C7H7NO3/c8-6-4(7(10)11)2-1-3-5(6)9/h1-3,9H,8H2,(H,10,11)/i1D,3D/hD2. The Morgan fingerprint density at radius 3 is 3.09 bits per heavy atom. The fourth-order valence-electron chi connectivity index (χ4n) is 0.595. The van der Waals surface area contributed by atoms with Gasteiger partial charge in [0.1, 0.15) is 5.75 Å². The molecule has 0 aliphatic carbocycles. The molecule has 0 aromatic heterocycles. The van der Waals surface area contributed by atoms with E-state index < -0.39 is 35.1 Å². The Bertz CT molecular complexity index is 421. The van der Waals surface area contributed by atoms with Crippen LogP contribution in [0.2, 0.25) is 2.82 Å². The smallest absolute Gasteiger partial charge is 0.337 e. The molecule has 4 N–H and O–H groups in total. The van der Waals surface area contributed by atoms with Gasteiger partial charge in [0.05, 0.1) is 14.0 Å². The minimum Gasteiger partial charge on any atom is -0.506 e. The molecular formula is C7H7NO3. The summed E-state index contributed by atoms with van der Waals surface area (Å²) in [6.07, 6.45) is 0. The first-order valence-corrected chi connectivity index (χ1v) is 2.70. The van der Waals surface area contributed by atoms with Crippen LogP contribution in [0.4, 0.5) is 5.69 Å². The van der Waals surface area contributed by atoms with Gasteiger partial charge < -0.3 is 15.9 Å². The van der Waals surface area contributed by atoms with Crippen molar-refractivity contribution >= 4 is 11.7 Å². The number of nitrogen functional groups attached to an aromatic ring is 1. The van der Waals surface area contributed by atoms with Crippen LogP contribution in [-0.2, 0) is 0 Å². The van der Waals surface area contributed by atoms with Gasteiger partial charge in [0, 0.05) is 0 Å². The molecule has 0 aliphatic rings. The summed E-state index contributed by atoms with van der Waals surface area (Å²) in [5.74, 6) is -2.33. The number of carboxylic acid groups (broad SMARTS) is 1. The monoisotopic (exact) mass is 157 g/mol. The Hall–Kier alpha value is -1.71. The quantitative estimate of drug-likeness (QED) is 0.435. The molecule has 1 rings (SSSR count). The number of aromatic hydroxyl groups is 1. The Morgan fingerprint density at radius 1 is 1.82 bits per heavy atom. The molecule has 11 heavy (non-hydrogen) atoms. The van der Waals surface area contributed by atoms with Crippen LogP contribution in [0.3, 0.4) is 0 Å². The van der Waals surface area contributed by atoms with E-state index in [0.29, 0.717) is 0 Å². The number of carbonyl (C=O) groups is 1. The number of para-hydroxylation sites is 1. The third-order valence-electron chi connectivity index (χ3n) is 1.12. The molecule has 1 aromatic rings. The summed E-state index contributed by atoms with van der Waals surface area (Å²) in [5.41, 5.74) is -1.28. The highest BCUT2D eigenvalue weighted by Gasteiger charge is 2.09. The number of hydrogen-bond acceptors (Lipinski definition) is 3. The van der Waals surface area contributed by atoms with Gasteiger partial charge in [-0.05, 0) is 12.1 Å². The van der Waals surface area contributed by atoms with Gasteiger partial charge in [0.15, 0.2) is 2.82 Å². The van der Waals surface area contributed by atoms with E-state index >= 15 is 0 Å². The van der Waals surface area contributed by atoms with E-state index in [0.717, 1.165) is 6.07 Å². The molecule has 0 spiro atoms. The van der Waals surface area contributed by atoms with Gasteiger partial charge in [-0.1, -0.05) is 6.04 Å². The second-order valence-electron chi connectivity index (χ2n) is 1.83. The van der Waals surface area contributed by atoms with Crippen molar-refractivity contribution in [1.29, 1.82) is 0 Å². The lowest BCUT2D eigenvalue weighted by molar-refractivity contribution is 0.0697. The van der Waals surface area contributed by atoms with E-state index in [1.807, 2.05) is 0 Å². The van der Waals surface area contributed by atoms with Crippen molar-refractivity contribution in [1.82, 2.24) is 0 Å². The Balaban J connectivity index is 3.58. The van der Waals surface area contributed by atoms with E-state index in [9.17, 15) is 9.90 Å². The summed E-state index contributed by atoms with van der Waals surface area (Å²) in [6.45, 7) is 0. The fraction of sp³-hybridized carbons (Fsp3) is 0. The number of nitrogens with two attached hydrogens (primary N) is 1. The second-order valence-corrected chi connectivity index (χ2v) is 1.83. The Kier molecular flexibility index (Phi) is 0.820. The summed E-state index contributed by atoms with van der Waals surface area (Å²) in [5, 5.41) is 18.0. The summed E-state index contributed by atoms with van der Waals surface area (Å²) in [6, 6.07) is -0.273. The minimum absolute atomic E-state index is 0.101. The van der Waals surface area contributed by atoms with Crippen molar-refractivity contribution < 1.29 is 20.6 Å². The van der Waals surface area contributed by atoms with Crippen molar-refractivity contribution in [3.8, 4) is 5.75 Å². The lowest BCUT2D eigenvalue weighted by atomic mass is 10.2. The highest BCUT2D eigenvalue weighted by Crippen LogP contribution is 2.22. The third-order valence-corrected chi connectivity index (χ3v) is 1.12. The number of anilines is 1. The molecule has 58 valence electrons. The predicted molar refractivity (Wildman–Crippen MR) is 39.5 cm³/mol. The van der Waals surface area contributed by atoms with Crippen LogP contribution < -0.4 is 5.72 Å². The lowest BCUT2D eigenvalue weighted by Gasteiger charge is -2.00. The van der Waals surface area contributed by atoms with Crippen molar-refractivity contribution in [2.75, 3.05) is 5.72 Å². The maximum absolute atomic E-state index is 10.7. The number of aromatic carboxylic acids is 1. The first-order chi connectivity index (χ1) is 6.86. The van der Waals surface area contributed by atoms with Crippen molar-refractivity contribution in [2.45, 2.75) is 0 Å². The van der Waals surface area contributed by atoms with E-state index in [-0.39, 0.29) is 5.72 Å². The van der Waals surface area contributed by atoms with E-state index in [4.69, 9.17) is 10.7 Å². The molecule has 4 nitrogen and oxygen atoms in total. The van der Waals surface area contributed by atoms with Crippen molar-refractivity contribution in [3.05, 3.63) is 23.7 Å². The third kappa shape index (κ3) is 1.24. The topological polar surface area (TPSA) is 83.5 Å². The van der Waals surface area contributed by atoms with Gasteiger partial charge in [-0.15, -0.1) is 0 Å². The van der Waals surface area contributed by atoms with Crippen LogP contribution in [0.1, 0.15) is 13.1 Å². The maximum Gasteiger partial charge on any atom is 0.337 e. The lowest BCUT2D eigenvalue weighted by Crippen LogP contribution is -2.01. The molecule has 0 radical (unpaired) electrons. The number of carboxylic acids is 1. The van der Waals surface area contributed by atoms with Crippen molar-refractivity contribution in [3.63, 3.8) is 0 Å². The molecule has 4 heteroatoms. The van der Waals surface area contributed by atoms with E-state index in [2.05, 4.69) is 0 Å². The molecule has 0 saturated heterocycles. The average molecular weight is 157 g/mol. The highest BCUT2D eigenvalue weighted by atomic mass is 16.4. The Morgan fingerprint density at radius 2 is 2.55 bits per heavy atom. The second kappa shape index (κ2) is 2.49. The zero-order chi connectivity index (χ0) is 11.7. The number of benzene rings is 1. The van der Waals surface area contributed by atoms with Gasteiger partial charge in [-0.2, -0.15) is 0 Å². The molecular weight excluding hydrogens is 146 g/mol. The number of phenols is 1. The number of phenolic OH excluding ortho intramolecular Hbond substituents is 1. The van der Waals surface area contributed by atoms with Gasteiger partial charge in [-0.25, -0.2) is 4.79 Å². The normalized spacial score (nSPS) is 14.2. The fourth-order valence-corrected chi connectivity index (χ4v) is 0.595. The minimum atomic E-state index is -1.47. The number of rotatable bonds is 2.